The average Bonchev–Trinajstić information content (AvgIpc) is 2.57. The molecule has 1 saturated heterocycles. The van der Waals surface area contributed by atoms with Crippen LogP contribution in [0.15, 0.2) is 34.4 Å². The predicted octanol–water partition coefficient (Wildman–Crippen LogP) is 2.90. The SMILES string of the molecule is Cc1cc(Br)ccc1N/C=C(/C#N)C(=O)N1CCC(C(=O)O)CC1. The van der Waals surface area contributed by atoms with E-state index in [0.29, 0.717) is 25.9 Å². The number of hydrogen-bond donors (Lipinski definition) is 2. The number of carbonyl (C=O) groups excluding carboxylic acids is 1. The van der Waals surface area contributed by atoms with Gasteiger partial charge in [-0.15, -0.1) is 0 Å². The Morgan fingerprint density at radius 3 is 2.62 bits per heavy atom. The first-order chi connectivity index (χ1) is 11.4. The number of benzene rings is 1. The first-order valence-electron chi connectivity index (χ1n) is 7.57. The Balaban J connectivity index is 2.04. The van der Waals surface area contributed by atoms with Crippen molar-refractivity contribution in [3.63, 3.8) is 0 Å². The number of nitriles is 1. The molecule has 1 aliphatic heterocycles. The molecule has 24 heavy (non-hydrogen) atoms. The summed E-state index contributed by atoms with van der Waals surface area (Å²) in [5, 5.41) is 21.2. The Labute approximate surface area is 148 Å². The fourth-order valence-electron chi connectivity index (χ4n) is 2.58. The zero-order valence-corrected chi connectivity index (χ0v) is 14.8. The molecule has 1 aromatic carbocycles. The summed E-state index contributed by atoms with van der Waals surface area (Å²) in [6.07, 6.45) is 2.24. The van der Waals surface area contributed by atoms with Crippen molar-refractivity contribution in [3.05, 3.63) is 40.0 Å². The van der Waals surface area contributed by atoms with Gasteiger partial charge in [0.15, 0.2) is 0 Å². The Hall–Kier alpha value is -2.33. The summed E-state index contributed by atoms with van der Waals surface area (Å²) < 4.78 is 0.951. The van der Waals surface area contributed by atoms with Gasteiger partial charge in [0.05, 0.1) is 5.92 Å². The molecule has 7 heteroatoms. The van der Waals surface area contributed by atoms with Crippen molar-refractivity contribution in [1.82, 2.24) is 4.90 Å². The number of anilines is 1. The standard InChI is InChI=1S/C17H18BrN3O3/c1-11-8-14(18)2-3-15(11)20-10-13(9-19)16(22)21-6-4-12(5-7-21)17(23)24/h2-3,8,10,12,20H,4-7H2,1H3,(H,23,24)/b13-10-. The summed E-state index contributed by atoms with van der Waals surface area (Å²) in [5.74, 6) is -1.61. The third-order valence-corrected chi connectivity index (χ3v) is 4.54. The fourth-order valence-corrected chi connectivity index (χ4v) is 3.06. The van der Waals surface area contributed by atoms with Gasteiger partial charge in [0.25, 0.3) is 5.91 Å². The quantitative estimate of drug-likeness (QED) is 0.607. The molecule has 2 N–H and O–H groups in total. The molecule has 0 unspecified atom stereocenters. The van der Waals surface area contributed by atoms with E-state index in [0.717, 1.165) is 15.7 Å². The number of hydrogen-bond acceptors (Lipinski definition) is 4. The Bertz CT molecular complexity index is 716. The lowest BCUT2D eigenvalue weighted by Crippen LogP contribution is -2.40. The summed E-state index contributed by atoms with van der Waals surface area (Å²) in [7, 11) is 0. The zero-order chi connectivity index (χ0) is 17.7. The van der Waals surface area contributed by atoms with Crippen LogP contribution in [-0.4, -0.2) is 35.0 Å². The second-order valence-corrected chi connectivity index (χ2v) is 6.59. The average molecular weight is 392 g/mol. The van der Waals surface area contributed by atoms with Gasteiger partial charge in [-0.2, -0.15) is 5.26 Å². The topological polar surface area (TPSA) is 93.4 Å². The van der Waals surface area contributed by atoms with Crippen LogP contribution in [0.4, 0.5) is 5.69 Å². The summed E-state index contributed by atoms with van der Waals surface area (Å²) in [6, 6.07) is 7.57. The summed E-state index contributed by atoms with van der Waals surface area (Å²) in [6.45, 7) is 2.63. The molecule has 0 atom stereocenters. The molecule has 1 heterocycles. The maximum absolute atomic E-state index is 12.4. The van der Waals surface area contributed by atoms with E-state index in [2.05, 4.69) is 21.2 Å². The molecule has 0 saturated carbocycles. The van der Waals surface area contributed by atoms with E-state index in [4.69, 9.17) is 5.11 Å². The van der Waals surface area contributed by atoms with Crippen LogP contribution in [0.25, 0.3) is 0 Å². The third-order valence-electron chi connectivity index (χ3n) is 4.04. The second kappa shape index (κ2) is 7.97. The lowest BCUT2D eigenvalue weighted by atomic mass is 9.97. The molecule has 0 spiro atoms. The highest BCUT2D eigenvalue weighted by Crippen LogP contribution is 2.21. The van der Waals surface area contributed by atoms with Crippen LogP contribution in [0.2, 0.25) is 0 Å². The number of carboxylic acids is 1. The van der Waals surface area contributed by atoms with Crippen molar-refractivity contribution in [2.75, 3.05) is 18.4 Å². The number of amides is 1. The smallest absolute Gasteiger partial charge is 0.306 e. The van der Waals surface area contributed by atoms with Gasteiger partial charge < -0.3 is 15.3 Å². The molecule has 1 aliphatic rings. The largest absolute Gasteiger partial charge is 0.481 e. The monoisotopic (exact) mass is 391 g/mol. The second-order valence-electron chi connectivity index (χ2n) is 5.68. The minimum atomic E-state index is -0.828. The predicted molar refractivity (Wildman–Crippen MR) is 93.1 cm³/mol. The summed E-state index contributed by atoms with van der Waals surface area (Å²) in [5.41, 5.74) is 1.79. The summed E-state index contributed by atoms with van der Waals surface area (Å²) >= 11 is 3.38. The molecule has 1 amide bonds. The van der Waals surface area contributed by atoms with Gasteiger partial charge in [-0.05, 0) is 43.5 Å². The van der Waals surface area contributed by atoms with Crippen LogP contribution in [0, 0.1) is 24.2 Å². The molecule has 0 bridgehead atoms. The number of likely N-dealkylation sites (tertiary alicyclic amines) is 1. The molecule has 2 rings (SSSR count). The number of halogens is 1. The van der Waals surface area contributed by atoms with Gasteiger partial charge in [-0.25, -0.2) is 0 Å². The molecule has 6 nitrogen and oxygen atoms in total. The Kier molecular flexibility index (Phi) is 5.99. The van der Waals surface area contributed by atoms with Gasteiger partial charge in [0, 0.05) is 29.4 Å². The van der Waals surface area contributed by atoms with Gasteiger partial charge in [0.1, 0.15) is 11.6 Å². The number of aliphatic carboxylic acids is 1. The van der Waals surface area contributed by atoms with Crippen molar-refractivity contribution in [2.45, 2.75) is 19.8 Å². The van der Waals surface area contributed by atoms with E-state index in [1.807, 2.05) is 31.2 Å². The lowest BCUT2D eigenvalue weighted by Gasteiger charge is -2.29. The molecular formula is C17H18BrN3O3. The van der Waals surface area contributed by atoms with Crippen molar-refractivity contribution in [3.8, 4) is 6.07 Å². The maximum Gasteiger partial charge on any atom is 0.306 e. The molecular weight excluding hydrogens is 374 g/mol. The van der Waals surface area contributed by atoms with E-state index in [9.17, 15) is 14.9 Å². The number of rotatable bonds is 4. The molecule has 0 aromatic heterocycles. The van der Waals surface area contributed by atoms with Crippen molar-refractivity contribution in [1.29, 1.82) is 5.26 Å². The van der Waals surface area contributed by atoms with Crippen LogP contribution in [-0.2, 0) is 9.59 Å². The van der Waals surface area contributed by atoms with E-state index in [1.54, 1.807) is 0 Å². The number of carboxylic acid groups (broad SMARTS) is 1. The van der Waals surface area contributed by atoms with Crippen LogP contribution < -0.4 is 5.32 Å². The minimum Gasteiger partial charge on any atom is -0.481 e. The fraction of sp³-hybridized carbons (Fsp3) is 0.353. The summed E-state index contributed by atoms with van der Waals surface area (Å²) in [4.78, 5) is 24.9. The van der Waals surface area contributed by atoms with Crippen LogP contribution in [0.3, 0.4) is 0 Å². The van der Waals surface area contributed by atoms with Gasteiger partial charge in [-0.1, -0.05) is 15.9 Å². The number of piperidine rings is 1. The first kappa shape index (κ1) is 18.0. The van der Waals surface area contributed by atoms with Crippen LogP contribution >= 0.6 is 15.9 Å². The van der Waals surface area contributed by atoms with Crippen molar-refractivity contribution >= 4 is 33.5 Å². The van der Waals surface area contributed by atoms with Crippen molar-refractivity contribution in [2.24, 2.45) is 5.92 Å². The number of nitrogens with zero attached hydrogens (tertiary/aromatic N) is 2. The highest BCUT2D eigenvalue weighted by molar-refractivity contribution is 9.10. The minimum absolute atomic E-state index is 0.00564. The Morgan fingerprint density at radius 1 is 1.42 bits per heavy atom. The molecule has 0 radical (unpaired) electrons. The maximum atomic E-state index is 12.4. The van der Waals surface area contributed by atoms with Gasteiger partial charge in [-0.3, -0.25) is 9.59 Å². The highest BCUT2D eigenvalue weighted by Gasteiger charge is 2.28. The van der Waals surface area contributed by atoms with Gasteiger partial charge >= 0.3 is 5.97 Å². The normalized spacial score (nSPS) is 15.7. The number of nitrogens with one attached hydrogen (secondary N) is 1. The molecule has 126 valence electrons. The number of aryl methyl sites for hydroxylation is 1. The van der Waals surface area contributed by atoms with Crippen LogP contribution in [0.5, 0.6) is 0 Å². The highest BCUT2D eigenvalue weighted by atomic mass is 79.9. The Morgan fingerprint density at radius 2 is 2.08 bits per heavy atom. The van der Waals surface area contributed by atoms with E-state index < -0.39 is 11.9 Å². The molecule has 1 aromatic rings. The van der Waals surface area contributed by atoms with Crippen LogP contribution in [0.1, 0.15) is 18.4 Å². The molecule has 0 aliphatic carbocycles. The van der Waals surface area contributed by atoms with Gasteiger partial charge in [0.2, 0.25) is 0 Å². The first-order valence-corrected chi connectivity index (χ1v) is 8.36. The third kappa shape index (κ3) is 4.36. The van der Waals surface area contributed by atoms with E-state index in [-0.39, 0.29) is 11.5 Å². The lowest BCUT2D eigenvalue weighted by molar-refractivity contribution is -0.145. The van der Waals surface area contributed by atoms with E-state index in [1.165, 1.54) is 11.1 Å². The van der Waals surface area contributed by atoms with E-state index >= 15 is 0 Å². The van der Waals surface area contributed by atoms with Crippen molar-refractivity contribution < 1.29 is 14.7 Å². The number of carbonyl (C=O) groups is 2. The zero-order valence-electron chi connectivity index (χ0n) is 13.3. The molecule has 1 fully saturated rings.